The quantitative estimate of drug-likeness (QED) is 0.754. The number of carbonyl (C=O) groups is 1. The average molecular weight is 236 g/mol. The topological polar surface area (TPSA) is 44.1 Å². The van der Waals surface area contributed by atoms with E-state index < -0.39 is 30.1 Å². The summed E-state index contributed by atoms with van der Waals surface area (Å²) in [6.07, 6.45) is -4.45. The molecule has 0 unspecified atom stereocenters. The van der Waals surface area contributed by atoms with Gasteiger partial charge in [-0.05, 0) is 27.7 Å². The van der Waals surface area contributed by atoms with Crippen LogP contribution in [0.1, 0.15) is 27.7 Å². The van der Waals surface area contributed by atoms with E-state index in [1.807, 2.05) is 0 Å². The van der Waals surface area contributed by atoms with Crippen molar-refractivity contribution < 1.29 is 18.0 Å². The second kappa shape index (κ2) is 4.73. The van der Waals surface area contributed by atoms with E-state index in [9.17, 15) is 18.0 Å². The van der Waals surface area contributed by atoms with Gasteiger partial charge in [0, 0.05) is 6.04 Å². The standard InChI is InChI=1S/C10H15F3N2O/c1-7(2)15(6-10(11,12)13)8(16)9(3,4)5-14/h7H,6H2,1-4H3. The molecule has 0 radical (unpaired) electrons. The van der Waals surface area contributed by atoms with Crippen LogP contribution in [-0.2, 0) is 4.79 Å². The first-order valence-electron chi connectivity index (χ1n) is 4.80. The van der Waals surface area contributed by atoms with Crippen LogP contribution in [0.25, 0.3) is 0 Å². The van der Waals surface area contributed by atoms with Gasteiger partial charge in [-0.25, -0.2) is 0 Å². The van der Waals surface area contributed by atoms with Gasteiger partial charge >= 0.3 is 6.18 Å². The molecular formula is C10H15F3N2O. The van der Waals surface area contributed by atoms with Crippen molar-refractivity contribution in [3.63, 3.8) is 0 Å². The highest BCUT2D eigenvalue weighted by Crippen LogP contribution is 2.24. The molecule has 0 aliphatic heterocycles. The number of hydrogen-bond acceptors (Lipinski definition) is 2. The molecule has 0 fully saturated rings. The molecule has 3 nitrogen and oxygen atoms in total. The number of carbonyl (C=O) groups excluding carboxylic acids is 1. The van der Waals surface area contributed by atoms with E-state index in [-0.39, 0.29) is 0 Å². The predicted octanol–water partition coefficient (Wildman–Crippen LogP) is 2.34. The molecule has 1 amide bonds. The number of nitriles is 1. The fourth-order valence-electron chi connectivity index (χ4n) is 1.09. The lowest BCUT2D eigenvalue weighted by Gasteiger charge is -2.31. The van der Waals surface area contributed by atoms with Crippen molar-refractivity contribution in [2.24, 2.45) is 5.41 Å². The van der Waals surface area contributed by atoms with Gasteiger partial charge in [-0.1, -0.05) is 0 Å². The maximum Gasteiger partial charge on any atom is 0.406 e. The Labute approximate surface area is 92.8 Å². The SMILES string of the molecule is CC(C)N(CC(F)(F)F)C(=O)C(C)(C)C#N. The first-order valence-corrected chi connectivity index (χ1v) is 4.80. The van der Waals surface area contributed by atoms with Crippen LogP contribution in [-0.4, -0.2) is 29.6 Å². The largest absolute Gasteiger partial charge is 0.406 e. The Hall–Kier alpha value is -1.25. The van der Waals surface area contributed by atoms with Gasteiger partial charge in [-0.2, -0.15) is 18.4 Å². The van der Waals surface area contributed by atoms with Crippen molar-refractivity contribution in [3.8, 4) is 6.07 Å². The highest BCUT2D eigenvalue weighted by atomic mass is 19.4. The lowest BCUT2D eigenvalue weighted by atomic mass is 9.93. The van der Waals surface area contributed by atoms with Gasteiger partial charge in [0.15, 0.2) is 0 Å². The molecule has 0 atom stereocenters. The molecule has 0 bridgehead atoms. The molecule has 0 heterocycles. The zero-order valence-corrected chi connectivity index (χ0v) is 9.72. The minimum Gasteiger partial charge on any atom is -0.330 e. The Morgan fingerprint density at radius 1 is 1.38 bits per heavy atom. The summed E-state index contributed by atoms with van der Waals surface area (Å²) in [5, 5.41) is 8.71. The van der Waals surface area contributed by atoms with E-state index in [2.05, 4.69) is 0 Å². The summed E-state index contributed by atoms with van der Waals surface area (Å²) in [6, 6.07) is 1.11. The maximum absolute atomic E-state index is 12.2. The van der Waals surface area contributed by atoms with E-state index >= 15 is 0 Å². The summed E-state index contributed by atoms with van der Waals surface area (Å²) in [4.78, 5) is 12.4. The second-order valence-electron chi connectivity index (χ2n) is 4.38. The van der Waals surface area contributed by atoms with Crippen molar-refractivity contribution >= 4 is 5.91 Å². The van der Waals surface area contributed by atoms with Crippen LogP contribution in [0.5, 0.6) is 0 Å². The minimum absolute atomic E-state index is 0.596. The third kappa shape index (κ3) is 4.09. The van der Waals surface area contributed by atoms with E-state index in [0.29, 0.717) is 4.90 Å². The van der Waals surface area contributed by atoms with Gasteiger partial charge in [0.25, 0.3) is 0 Å². The number of alkyl halides is 3. The Morgan fingerprint density at radius 3 is 2.06 bits per heavy atom. The molecule has 0 saturated heterocycles. The molecule has 0 aromatic rings. The maximum atomic E-state index is 12.2. The monoisotopic (exact) mass is 236 g/mol. The third-order valence-electron chi connectivity index (χ3n) is 2.05. The Balaban J connectivity index is 4.97. The van der Waals surface area contributed by atoms with Crippen LogP contribution < -0.4 is 0 Å². The van der Waals surface area contributed by atoms with Gasteiger partial charge in [0.2, 0.25) is 5.91 Å². The highest BCUT2D eigenvalue weighted by Gasteiger charge is 2.39. The van der Waals surface area contributed by atoms with E-state index in [1.54, 1.807) is 6.07 Å². The van der Waals surface area contributed by atoms with Crippen LogP contribution >= 0.6 is 0 Å². The normalized spacial score (nSPS) is 12.4. The van der Waals surface area contributed by atoms with Crippen molar-refractivity contribution in [1.82, 2.24) is 4.90 Å². The Kier molecular flexibility index (Phi) is 4.36. The number of hydrogen-bond donors (Lipinski definition) is 0. The number of amides is 1. The van der Waals surface area contributed by atoms with Gasteiger partial charge in [0.05, 0.1) is 6.07 Å². The molecule has 6 heteroatoms. The zero-order valence-electron chi connectivity index (χ0n) is 9.72. The van der Waals surface area contributed by atoms with Gasteiger partial charge < -0.3 is 4.90 Å². The first-order chi connectivity index (χ1) is 7.01. The van der Waals surface area contributed by atoms with Crippen LogP contribution in [0, 0.1) is 16.7 Å². The third-order valence-corrected chi connectivity index (χ3v) is 2.05. The average Bonchev–Trinajstić information content (AvgIpc) is 2.11. The number of nitrogens with zero attached hydrogens (tertiary/aromatic N) is 2. The molecule has 92 valence electrons. The summed E-state index contributed by atoms with van der Waals surface area (Å²) in [5.74, 6) is -0.803. The number of rotatable bonds is 3. The zero-order chi connectivity index (χ0) is 13.1. The Bertz CT molecular complexity index is 302. The summed E-state index contributed by atoms with van der Waals surface area (Å²) in [6.45, 7) is 4.25. The van der Waals surface area contributed by atoms with Crippen LogP contribution in [0.15, 0.2) is 0 Å². The Morgan fingerprint density at radius 2 is 1.81 bits per heavy atom. The number of halogens is 3. The molecule has 0 spiro atoms. The molecule has 0 saturated carbocycles. The van der Waals surface area contributed by atoms with Crippen LogP contribution in [0.4, 0.5) is 13.2 Å². The van der Waals surface area contributed by atoms with Gasteiger partial charge in [0.1, 0.15) is 12.0 Å². The summed E-state index contributed by atoms with van der Waals surface area (Å²) < 4.78 is 36.7. The lowest BCUT2D eigenvalue weighted by molar-refractivity contribution is -0.168. The fraction of sp³-hybridized carbons (Fsp3) is 0.800. The van der Waals surface area contributed by atoms with Gasteiger partial charge in [-0.15, -0.1) is 0 Å². The summed E-state index contributed by atoms with van der Waals surface area (Å²) >= 11 is 0. The summed E-state index contributed by atoms with van der Waals surface area (Å²) in [7, 11) is 0. The highest BCUT2D eigenvalue weighted by molar-refractivity contribution is 5.84. The lowest BCUT2D eigenvalue weighted by Crippen LogP contribution is -2.48. The van der Waals surface area contributed by atoms with E-state index in [4.69, 9.17) is 5.26 Å². The van der Waals surface area contributed by atoms with E-state index in [1.165, 1.54) is 27.7 Å². The molecule has 0 aromatic carbocycles. The molecule has 0 N–H and O–H groups in total. The molecule has 0 aliphatic rings. The van der Waals surface area contributed by atoms with Crippen molar-refractivity contribution in [3.05, 3.63) is 0 Å². The van der Waals surface area contributed by atoms with Crippen LogP contribution in [0.3, 0.4) is 0 Å². The van der Waals surface area contributed by atoms with Gasteiger partial charge in [-0.3, -0.25) is 4.79 Å². The first kappa shape index (κ1) is 14.8. The predicted molar refractivity (Wildman–Crippen MR) is 52.3 cm³/mol. The molecule has 0 rings (SSSR count). The molecular weight excluding hydrogens is 221 g/mol. The van der Waals surface area contributed by atoms with E-state index in [0.717, 1.165) is 0 Å². The molecule has 0 aromatic heterocycles. The minimum atomic E-state index is -4.45. The van der Waals surface area contributed by atoms with Crippen molar-refractivity contribution in [2.75, 3.05) is 6.54 Å². The molecule has 0 aliphatic carbocycles. The molecule has 16 heavy (non-hydrogen) atoms. The van der Waals surface area contributed by atoms with Crippen molar-refractivity contribution in [1.29, 1.82) is 5.26 Å². The van der Waals surface area contributed by atoms with Crippen molar-refractivity contribution in [2.45, 2.75) is 39.9 Å². The second-order valence-corrected chi connectivity index (χ2v) is 4.38. The smallest absolute Gasteiger partial charge is 0.330 e. The van der Waals surface area contributed by atoms with Crippen LogP contribution in [0.2, 0.25) is 0 Å². The summed E-state index contributed by atoms with van der Waals surface area (Å²) in [5.41, 5.74) is -1.43. The fourth-order valence-corrected chi connectivity index (χ4v) is 1.09.